The van der Waals surface area contributed by atoms with Crippen molar-refractivity contribution in [3.63, 3.8) is 0 Å². The smallest absolute Gasteiger partial charge is 0.313 e. The molecule has 1 fully saturated rings. The van der Waals surface area contributed by atoms with Crippen molar-refractivity contribution >= 4 is 34.8 Å². The maximum absolute atomic E-state index is 13.9. The van der Waals surface area contributed by atoms with Crippen molar-refractivity contribution in [1.29, 1.82) is 5.26 Å². The van der Waals surface area contributed by atoms with Gasteiger partial charge >= 0.3 is 11.8 Å². The summed E-state index contributed by atoms with van der Waals surface area (Å²) >= 11 is 5.88. The second kappa shape index (κ2) is 8.06. The van der Waals surface area contributed by atoms with Gasteiger partial charge in [0.25, 0.3) is 0 Å². The number of hydrogen-bond acceptors (Lipinski definition) is 4. The number of para-hydroxylation sites is 1. The van der Waals surface area contributed by atoms with E-state index >= 15 is 0 Å². The molecule has 0 aliphatic carbocycles. The highest BCUT2D eigenvalue weighted by atomic mass is 35.5. The predicted octanol–water partition coefficient (Wildman–Crippen LogP) is 2.64. The number of nitriles is 1. The van der Waals surface area contributed by atoms with Crippen LogP contribution in [0, 0.1) is 17.1 Å². The fraction of sp³-hybridized carbons (Fsp3) is 0.211. The predicted molar refractivity (Wildman–Crippen MR) is 100.0 cm³/mol. The van der Waals surface area contributed by atoms with Crippen LogP contribution in [-0.4, -0.2) is 42.9 Å². The zero-order chi connectivity index (χ0) is 19.4. The van der Waals surface area contributed by atoms with Crippen LogP contribution < -0.4 is 10.2 Å². The van der Waals surface area contributed by atoms with Crippen molar-refractivity contribution in [2.24, 2.45) is 0 Å². The summed E-state index contributed by atoms with van der Waals surface area (Å²) in [5, 5.41) is 11.9. The molecule has 8 heteroatoms. The Morgan fingerprint density at radius 3 is 2.48 bits per heavy atom. The number of piperazine rings is 1. The van der Waals surface area contributed by atoms with E-state index in [4.69, 9.17) is 16.9 Å². The molecule has 1 N–H and O–H groups in total. The lowest BCUT2D eigenvalue weighted by Gasteiger charge is -2.35. The minimum Gasteiger partial charge on any atom is -0.366 e. The zero-order valence-electron chi connectivity index (χ0n) is 14.3. The van der Waals surface area contributed by atoms with Crippen molar-refractivity contribution in [2.75, 3.05) is 36.4 Å². The van der Waals surface area contributed by atoms with Crippen LogP contribution in [0.4, 0.5) is 15.8 Å². The van der Waals surface area contributed by atoms with Crippen molar-refractivity contribution in [3.8, 4) is 6.07 Å². The van der Waals surface area contributed by atoms with Gasteiger partial charge in [-0.1, -0.05) is 23.7 Å². The number of carbonyl (C=O) groups excluding carboxylic acids is 2. The fourth-order valence-corrected chi connectivity index (χ4v) is 3.07. The van der Waals surface area contributed by atoms with E-state index < -0.39 is 11.8 Å². The van der Waals surface area contributed by atoms with Gasteiger partial charge in [0.2, 0.25) is 0 Å². The van der Waals surface area contributed by atoms with Gasteiger partial charge in [-0.05, 0) is 30.3 Å². The second-order valence-electron chi connectivity index (χ2n) is 5.99. The van der Waals surface area contributed by atoms with E-state index in [0.29, 0.717) is 36.9 Å². The molecule has 2 amide bonds. The first-order valence-electron chi connectivity index (χ1n) is 8.29. The first-order chi connectivity index (χ1) is 13.0. The number of anilines is 2. The first kappa shape index (κ1) is 18.7. The third-order valence-electron chi connectivity index (χ3n) is 4.30. The van der Waals surface area contributed by atoms with Gasteiger partial charge in [-0.2, -0.15) is 5.26 Å². The van der Waals surface area contributed by atoms with Crippen LogP contribution in [-0.2, 0) is 9.59 Å². The first-order valence-corrected chi connectivity index (χ1v) is 8.67. The summed E-state index contributed by atoms with van der Waals surface area (Å²) in [6, 6.07) is 12.8. The van der Waals surface area contributed by atoms with E-state index in [1.165, 1.54) is 29.2 Å². The number of halogens is 2. The minimum absolute atomic E-state index is 0.188. The van der Waals surface area contributed by atoms with Crippen LogP contribution in [0.3, 0.4) is 0 Å². The van der Waals surface area contributed by atoms with Crippen LogP contribution in [0.15, 0.2) is 42.5 Å². The molecule has 0 spiro atoms. The van der Waals surface area contributed by atoms with Gasteiger partial charge in [0.1, 0.15) is 11.9 Å². The van der Waals surface area contributed by atoms with Gasteiger partial charge in [-0.15, -0.1) is 0 Å². The van der Waals surface area contributed by atoms with Crippen LogP contribution >= 0.6 is 11.6 Å². The SMILES string of the molecule is N#Cc1ccc(Cl)cc1NC(=O)C(=O)N1CCN(c2ccccc2F)CC1. The molecule has 0 bridgehead atoms. The molecule has 1 aliphatic heterocycles. The Kier molecular flexibility index (Phi) is 5.57. The van der Waals surface area contributed by atoms with E-state index in [0.717, 1.165) is 0 Å². The number of benzene rings is 2. The highest BCUT2D eigenvalue weighted by molar-refractivity contribution is 6.40. The molecule has 0 radical (unpaired) electrons. The van der Waals surface area contributed by atoms with E-state index in [2.05, 4.69) is 5.32 Å². The zero-order valence-corrected chi connectivity index (χ0v) is 15.0. The highest BCUT2D eigenvalue weighted by Crippen LogP contribution is 2.22. The summed E-state index contributed by atoms with van der Waals surface area (Å²) in [6.45, 7) is 1.42. The summed E-state index contributed by atoms with van der Waals surface area (Å²) in [5.41, 5.74) is 0.880. The van der Waals surface area contributed by atoms with Gasteiger partial charge in [-0.3, -0.25) is 9.59 Å². The molecule has 1 heterocycles. The summed E-state index contributed by atoms with van der Waals surface area (Å²) in [5.74, 6) is -1.86. The molecule has 0 atom stereocenters. The van der Waals surface area contributed by atoms with E-state index in [-0.39, 0.29) is 17.1 Å². The average Bonchev–Trinajstić information content (AvgIpc) is 2.68. The second-order valence-corrected chi connectivity index (χ2v) is 6.42. The fourth-order valence-electron chi connectivity index (χ4n) is 2.90. The Labute approximate surface area is 160 Å². The molecule has 0 unspecified atom stereocenters. The summed E-state index contributed by atoms with van der Waals surface area (Å²) < 4.78 is 13.9. The van der Waals surface area contributed by atoms with E-state index in [1.54, 1.807) is 18.2 Å². The van der Waals surface area contributed by atoms with Crippen LogP contribution in [0.25, 0.3) is 0 Å². The molecular weight excluding hydrogens is 371 g/mol. The molecule has 2 aromatic carbocycles. The lowest BCUT2D eigenvalue weighted by Crippen LogP contribution is -2.51. The molecule has 0 saturated carbocycles. The summed E-state index contributed by atoms with van der Waals surface area (Å²) in [6.07, 6.45) is 0. The van der Waals surface area contributed by atoms with Crippen LogP contribution in [0.1, 0.15) is 5.56 Å². The Bertz CT molecular complexity index is 920. The van der Waals surface area contributed by atoms with Crippen LogP contribution in [0.2, 0.25) is 5.02 Å². The van der Waals surface area contributed by atoms with Gasteiger partial charge in [0, 0.05) is 31.2 Å². The number of hydrogen-bond donors (Lipinski definition) is 1. The Hall–Kier alpha value is -3.11. The number of nitrogens with zero attached hydrogens (tertiary/aromatic N) is 3. The molecule has 1 aliphatic rings. The van der Waals surface area contributed by atoms with Gasteiger partial charge < -0.3 is 15.1 Å². The van der Waals surface area contributed by atoms with Gasteiger partial charge in [0.15, 0.2) is 0 Å². The number of rotatable bonds is 2. The monoisotopic (exact) mass is 386 g/mol. The largest absolute Gasteiger partial charge is 0.366 e. The van der Waals surface area contributed by atoms with Crippen molar-refractivity contribution in [3.05, 3.63) is 58.9 Å². The molecule has 1 saturated heterocycles. The Morgan fingerprint density at radius 2 is 1.81 bits per heavy atom. The lowest BCUT2D eigenvalue weighted by molar-refractivity contribution is -0.143. The van der Waals surface area contributed by atoms with Gasteiger partial charge in [0.05, 0.1) is 16.9 Å². The molecular formula is C19H16ClFN4O2. The molecule has 6 nitrogen and oxygen atoms in total. The summed E-state index contributed by atoms with van der Waals surface area (Å²) in [7, 11) is 0. The summed E-state index contributed by atoms with van der Waals surface area (Å²) in [4.78, 5) is 27.9. The standard InChI is InChI=1S/C19H16ClFN4O2/c20-14-6-5-13(12-22)16(11-14)23-18(26)19(27)25-9-7-24(8-10-25)17-4-2-1-3-15(17)21/h1-6,11H,7-10H2,(H,23,26). The Morgan fingerprint density at radius 1 is 1.11 bits per heavy atom. The number of amides is 2. The highest BCUT2D eigenvalue weighted by Gasteiger charge is 2.27. The molecule has 27 heavy (non-hydrogen) atoms. The number of nitrogens with one attached hydrogen (secondary N) is 1. The molecule has 0 aromatic heterocycles. The molecule has 2 aromatic rings. The van der Waals surface area contributed by atoms with E-state index in [9.17, 15) is 14.0 Å². The third kappa shape index (κ3) is 4.18. The average molecular weight is 387 g/mol. The van der Waals surface area contributed by atoms with E-state index in [1.807, 2.05) is 11.0 Å². The lowest BCUT2D eigenvalue weighted by atomic mass is 10.2. The topological polar surface area (TPSA) is 76.4 Å². The quantitative estimate of drug-likeness (QED) is 0.805. The van der Waals surface area contributed by atoms with Gasteiger partial charge in [-0.25, -0.2) is 4.39 Å². The molecule has 138 valence electrons. The maximum atomic E-state index is 13.9. The van der Waals surface area contributed by atoms with Crippen LogP contribution in [0.5, 0.6) is 0 Å². The Balaban J connectivity index is 1.63. The van der Waals surface area contributed by atoms with Crippen molar-refractivity contribution in [2.45, 2.75) is 0 Å². The molecule has 3 rings (SSSR count). The van der Waals surface area contributed by atoms with Crippen molar-refractivity contribution in [1.82, 2.24) is 4.90 Å². The normalized spacial score (nSPS) is 13.8. The minimum atomic E-state index is -0.840. The van der Waals surface area contributed by atoms with Crippen molar-refractivity contribution < 1.29 is 14.0 Å². The maximum Gasteiger partial charge on any atom is 0.313 e. The third-order valence-corrected chi connectivity index (χ3v) is 4.54. The number of carbonyl (C=O) groups is 2.